The standard InChI is InChI=1S/C14H16N2O4/c1-10(14(18)16(2)9-13(17)19-3)20-12-7-5-4-6-11(12)8-15/h4-7,10H,9H2,1-3H3. The zero-order valence-electron chi connectivity index (χ0n) is 11.6. The summed E-state index contributed by atoms with van der Waals surface area (Å²) in [6, 6.07) is 8.63. The number of carbonyl (C=O) groups is 2. The third kappa shape index (κ3) is 3.99. The molecule has 1 unspecified atom stereocenters. The quantitative estimate of drug-likeness (QED) is 0.748. The Hall–Kier alpha value is -2.55. The monoisotopic (exact) mass is 276 g/mol. The highest BCUT2D eigenvalue weighted by molar-refractivity contribution is 5.84. The molecule has 0 heterocycles. The lowest BCUT2D eigenvalue weighted by molar-refractivity contribution is -0.148. The minimum Gasteiger partial charge on any atom is -0.480 e. The molecule has 1 rings (SSSR count). The van der Waals surface area contributed by atoms with E-state index in [1.165, 1.54) is 19.1 Å². The third-order valence-electron chi connectivity index (χ3n) is 2.63. The summed E-state index contributed by atoms with van der Waals surface area (Å²) in [6.07, 6.45) is -0.806. The topological polar surface area (TPSA) is 79.6 Å². The molecule has 0 spiro atoms. The van der Waals surface area contributed by atoms with Crippen LogP contribution in [0.15, 0.2) is 24.3 Å². The molecule has 1 aromatic rings. The van der Waals surface area contributed by atoms with Gasteiger partial charge in [-0.15, -0.1) is 0 Å². The first kappa shape index (κ1) is 15.5. The van der Waals surface area contributed by atoms with Gasteiger partial charge < -0.3 is 14.4 Å². The Morgan fingerprint density at radius 2 is 2.05 bits per heavy atom. The molecule has 0 fully saturated rings. The molecule has 1 amide bonds. The highest BCUT2D eigenvalue weighted by Gasteiger charge is 2.22. The molecule has 0 aliphatic rings. The Bertz CT molecular complexity index is 536. The Balaban J connectivity index is 2.71. The first-order chi connectivity index (χ1) is 9.49. The van der Waals surface area contributed by atoms with Gasteiger partial charge in [-0.05, 0) is 19.1 Å². The Morgan fingerprint density at radius 3 is 2.65 bits per heavy atom. The summed E-state index contributed by atoms with van der Waals surface area (Å²) in [7, 11) is 2.74. The van der Waals surface area contributed by atoms with Gasteiger partial charge in [0.2, 0.25) is 0 Å². The number of esters is 1. The maximum Gasteiger partial charge on any atom is 0.325 e. The number of carbonyl (C=O) groups excluding carboxylic acids is 2. The van der Waals surface area contributed by atoms with E-state index in [4.69, 9.17) is 10.00 Å². The molecular formula is C14H16N2O4. The van der Waals surface area contributed by atoms with Gasteiger partial charge in [-0.2, -0.15) is 5.26 Å². The molecule has 106 valence electrons. The summed E-state index contributed by atoms with van der Waals surface area (Å²) in [4.78, 5) is 24.3. The van der Waals surface area contributed by atoms with Crippen LogP contribution in [0, 0.1) is 11.3 Å². The van der Waals surface area contributed by atoms with Gasteiger partial charge in [0, 0.05) is 7.05 Å². The van der Waals surface area contributed by atoms with Crippen LogP contribution in [0.3, 0.4) is 0 Å². The maximum absolute atomic E-state index is 12.0. The van der Waals surface area contributed by atoms with Crippen LogP contribution in [0.25, 0.3) is 0 Å². The highest BCUT2D eigenvalue weighted by atomic mass is 16.5. The first-order valence-corrected chi connectivity index (χ1v) is 5.97. The molecular weight excluding hydrogens is 260 g/mol. The summed E-state index contributed by atoms with van der Waals surface area (Å²) < 4.78 is 9.96. The molecule has 20 heavy (non-hydrogen) atoms. The van der Waals surface area contributed by atoms with Crippen LogP contribution in [0.1, 0.15) is 12.5 Å². The van der Waals surface area contributed by atoms with Gasteiger partial charge in [-0.3, -0.25) is 9.59 Å². The van der Waals surface area contributed by atoms with Crippen molar-refractivity contribution in [1.29, 1.82) is 5.26 Å². The number of nitriles is 1. The normalized spacial score (nSPS) is 11.1. The minimum absolute atomic E-state index is 0.150. The van der Waals surface area contributed by atoms with E-state index >= 15 is 0 Å². The van der Waals surface area contributed by atoms with Crippen molar-refractivity contribution in [2.24, 2.45) is 0 Å². The van der Waals surface area contributed by atoms with Crippen molar-refractivity contribution in [3.63, 3.8) is 0 Å². The number of hydrogen-bond acceptors (Lipinski definition) is 5. The van der Waals surface area contributed by atoms with Crippen LogP contribution in [-0.4, -0.2) is 43.6 Å². The molecule has 1 aromatic carbocycles. The number of nitrogens with zero attached hydrogens (tertiary/aromatic N) is 2. The average Bonchev–Trinajstić information content (AvgIpc) is 2.46. The number of amides is 1. The lowest BCUT2D eigenvalue weighted by Crippen LogP contribution is -2.40. The van der Waals surface area contributed by atoms with E-state index in [9.17, 15) is 9.59 Å². The van der Waals surface area contributed by atoms with E-state index in [1.54, 1.807) is 31.2 Å². The molecule has 0 N–H and O–H groups in total. The Morgan fingerprint density at radius 1 is 1.40 bits per heavy atom. The van der Waals surface area contributed by atoms with E-state index < -0.39 is 12.1 Å². The van der Waals surface area contributed by atoms with Crippen LogP contribution < -0.4 is 4.74 Å². The molecule has 6 nitrogen and oxygen atoms in total. The second-order valence-electron chi connectivity index (χ2n) is 4.14. The molecule has 0 radical (unpaired) electrons. The van der Waals surface area contributed by atoms with Gasteiger partial charge >= 0.3 is 5.97 Å². The van der Waals surface area contributed by atoms with Crippen molar-refractivity contribution in [2.45, 2.75) is 13.0 Å². The molecule has 0 aliphatic carbocycles. The number of likely N-dealkylation sites (N-methyl/N-ethyl adjacent to an activating group) is 1. The van der Waals surface area contributed by atoms with Crippen molar-refractivity contribution in [3.8, 4) is 11.8 Å². The smallest absolute Gasteiger partial charge is 0.325 e. The molecule has 6 heteroatoms. The van der Waals surface area contributed by atoms with Gasteiger partial charge in [0.15, 0.2) is 6.10 Å². The van der Waals surface area contributed by atoms with Crippen molar-refractivity contribution < 1.29 is 19.1 Å². The molecule has 0 saturated heterocycles. The number of benzene rings is 1. The fraction of sp³-hybridized carbons (Fsp3) is 0.357. The van der Waals surface area contributed by atoms with Crippen molar-refractivity contribution in [2.75, 3.05) is 20.7 Å². The number of para-hydroxylation sites is 1. The molecule has 0 aromatic heterocycles. The summed E-state index contributed by atoms with van der Waals surface area (Å²) in [6.45, 7) is 1.41. The fourth-order valence-corrected chi connectivity index (χ4v) is 1.55. The summed E-state index contributed by atoms with van der Waals surface area (Å²) in [5, 5.41) is 8.94. The lowest BCUT2D eigenvalue weighted by atomic mass is 10.2. The third-order valence-corrected chi connectivity index (χ3v) is 2.63. The zero-order valence-corrected chi connectivity index (χ0v) is 11.6. The summed E-state index contributed by atoms with van der Waals surface area (Å²) in [5.74, 6) is -0.545. The fourth-order valence-electron chi connectivity index (χ4n) is 1.55. The zero-order chi connectivity index (χ0) is 15.1. The number of hydrogen-bond donors (Lipinski definition) is 0. The van der Waals surface area contributed by atoms with Gasteiger partial charge in [0.05, 0.1) is 12.7 Å². The molecule has 0 saturated carbocycles. The van der Waals surface area contributed by atoms with Crippen molar-refractivity contribution in [1.82, 2.24) is 4.90 Å². The Labute approximate surface area is 117 Å². The van der Waals surface area contributed by atoms with E-state index in [-0.39, 0.29) is 12.5 Å². The maximum atomic E-state index is 12.0. The highest BCUT2D eigenvalue weighted by Crippen LogP contribution is 2.18. The predicted octanol–water partition coefficient (Wildman–Crippen LogP) is 0.957. The van der Waals surface area contributed by atoms with E-state index in [1.807, 2.05) is 6.07 Å². The van der Waals surface area contributed by atoms with Crippen molar-refractivity contribution >= 4 is 11.9 Å². The Kier molecular flexibility index (Phi) is 5.54. The van der Waals surface area contributed by atoms with Crippen molar-refractivity contribution in [3.05, 3.63) is 29.8 Å². The molecule has 0 aliphatic heterocycles. The number of rotatable bonds is 5. The van der Waals surface area contributed by atoms with Gasteiger partial charge in [0.25, 0.3) is 5.91 Å². The summed E-state index contributed by atoms with van der Waals surface area (Å²) in [5.41, 5.74) is 0.350. The largest absolute Gasteiger partial charge is 0.480 e. The molecule has 1 atom stereocenters. The predicted molar refractivity (Wildman–Crippen MR) is 70.9 cm³/mol. The molecule has 0 bridgehead atoms. The van der Waals surface area contributed by atoms with Gasteiger partial charge in [0.1, 0.15) is 18.4 Å². The number of methoxy groups -OCH3 is 1. The minimum atomic E-state index is -0.806. The van der Waals surface area contributed by atoms with Crippen LogP contribution in [0.4, 0.5) is 0 Å². The second kappa shape index (κ2) is 7.14. The van der Waals surface area contributed by atoms with Crippen LogP contribution in [-0.2, 0) is 14.3 Å². The van der Waals surface area contributed by atoms with E-state index in [0.717, 1.165) is 0 Å². The van der Waals surface area contributed by atoms with Crippen LogP contribution in [0.2, 0.25) is 0 Å². The second-order valence-corrected chi connectivity index (χ2v) is 4.14. The first-order valence-electron chi connectivity index (χ1n) is 5.97. The SMILES string of the molecule is COC(=O)CN(C)C(=O)C(C)Oc1ccccc1C#N. The summed E-state index contributed by atoms with van der Waals surface area (Å²) >= 11 is 0. The van der Waals surface area contributed by atoms with Gasteiger partial charge in [-0.1, -0.05) is 12.1 Å². The van der Waals surface area contributed by atoms with E-state index in [2.05, 4.69) is 4.74 Å². The van der Waals surface area contributed by atoms with Gasteiger partial charge in [-0.25, -0.2) is 0 Å². The van der Waals surface area contributed by atoms with E-state index in [0.29, 0.717) is 11.3 Å². The average molecular weight is 276 g/mol. The van der Waals surface area contributed by atoms with Crippen LogP contribution in [0.5, 0.6) is 5.75 Å². The lowest BCUT2D eigenvalue weighted by Gasteiger charge is -2.21. The van der Waals surface area contributed by atoms with Crippen LogP contribution >= 0.6 is 0 Å². The number of ether oxygens (including phenoxy) is 2.